The van der Waals surface area contributed by atoms with Gasteiger partial charge in [0, 0.05) is 19.8 Å². The lowest BCUT2D eigenvalue weighted by atomic mass is 10.1. The van der Waals surface area contributed by atoms with E-state index in [1.54, 1.807) is 6.07 Å². The summed E-state index contributed by atoms with van der Waals surface area (Å²) in [4.78, 5) is 14.4. The van der Waals surface area contributed by atoms with E-state index in [0.717, 1.165) is 16.9 Å². The highest BCUT2D eigenvalue weighted by Gasteiger charge is 2.14. The maximum Gasteiger partial charge on any atom is 0.258 e. The number of benzene rings is 2. The second kappa shape index (κ2) is 5.65. The minimum Gasteiger partial charge on any atom is -0.398 e. The Hall–Kier alpha value is -2.49. The van der Waals surface area contributed by atoms with Crippen LogP contribution in [0.2, 0.25) is 0 Å². The number of carbonyl (C=O) groups excluding carboxylic acids is 1. The maximum atomic E-state index is 12.4. The summed E-state index contributed by atoms with van der Waals surface area (Å²) >= 11 is 0. The van der Waals surface area contributed by atoms with Gasteiger partial charge in [-0.25, -0.2) is 0 Å². The first-order valence-corrected chi connectivity index (χ1v) is 6.43. The van der Waals surface area contributed by atoms with Crippen LogP contribution in [0.5, 0.6) is 0 Å². The van der Waals surface area contributed by atoms with Gasteiger partial charge in [0.25, 0.3) is 5.91 Å². The molecule has 0 radical (unpaired) electrons. The van der Waals surface area contributed by atoms with E-state index in [1.165, 1.54) is 0 Å². The number of aryl methyl sites for hydroxylation is 1. The largest absolute Gasteiger partial charge is 0.398 e. The monoisotopic (exact) mass is 269 g/mol. The van der Waals surface area contributed by atoms with Gasteiger partial charge in [-0.2, -0.15) is 0 Å². The Morgan fingerprint density at radius 1 is 1.10 bits per heavy atom. The van der Waals surface area contributed by atoms with Crippen LogP contribution in [-0.4, -0.2) is 20.0 Å². The summed E-state index contributed by atoms with van der Waals surface area (Å²) < 4.78 is 0. The molecular weight excluding hydrogens is 250 g/mol. The van der Waals surface area contributed by atoms with Crippen LogP contribution in [-0.2, 0) is 0 Å². The molecule has 0 aliphatic heterocycles. The average Bonchev–Trinajstić information content (AvgIpc) is 2.38. The zero-order valence-electron chi connectivity index (χ0n) is 12.0. The lowest BCUT2D eigenvalue weighted by Gasteiger charge is -2.18. The summed E-state index contributed by atoms with van der Waals surface area (Å²) in [5.74, 6) is -0.185. The predicted octanol–water partition coefficient (Wildman–Crippen LogP) is 2.90. The number of carbonyl (C=O) groups is 1. The Balaban J connectivity index is 2.33. The first kappa shape index (κ1) is 13.9. The smallest absolute Gasteiger partial charge is 0.258 e. The fourth-order valence-corrected chi connectivity index (χ4v) is 2.15. The van der Waals surface area contributed by atoms with Crippen LogP contribution in [0, 0.1) is 6.92 Å². The number of hydrogen-bond acceptors (Lipinski definition) is 3. The number of anilines is 3. The molecule has 2 aromatic rings. The van der Waals surface area contributed by atoms with E-state index in [9.17, 15) is 4.79 Å². The second-order valence-electron chi connectivity index (χ2n) is 4.90. The topological polar surface area (TPSA) is 58.4 Å². The van der Waals surface area contributed by atoms with E-state index in [1.807, 2.05) is 62.3 Å². The van der Waals surface area contributed by atoms with Crippen molar-refractivity contribution < 1.29 is 4.79 Å². The summed E-state index contributed by atoms with van der Waals surface area (Å²) in [7, 11) is 3.88. The molecule has 0 fully saturated rings. The van der Waals surface area contributed by atoms with Gasteiger partial charge in [0.15, 0.2) is 0 Å². The van der Waals surface area contributed by atoms with Crippen LogP contribution in [0.15, 0.2) is 42.5 Å². The van der Waals surface area contributed by atoms with Gasteiger partial charge < -0.3 is 16.0 Å². The van der Waals surface area contributed by atoms with Crippen molar-refractivity contribution in [1.82, 2.24) is 0 Å². The highest BCUT2D eigenvalue weighted by molar-refractivity contribution is 6.10. The van der Waals surface area contributed by atoms with E-state index in [4.69, 9.17) is 5.73 Å². The molecule has 0 saturated carbocycles. The van der Waals surface area contributed by atoms with Crippen molar-refractivity contribution in [1.29, 1.82) is 0 Å². The first-order chi connectivity index (χ1) is 9.50. The normalized spacial score (nSPS) is 10.2. The number of nitrogens with zero attached hydrogens (tertiary/aromatic N) is 1. The molecular formula is C16H19N3O. The Bertz CT molecular complexity index is 615. The molecule has 0 heterocycles. The van der Waals surface area contributed by atoms with Gasteiger partial charge in [-0.15, -0.1) is 0 Å². The third-order valence-electron chi connectivity index (χ3n) is 3.17. The van der Waals surface area contributed by atoms with Crippen LogP contribution < -0.4 is 16.0 Å². The molecule has 3 N–H and O–H groups in total. The van der Waals surface area contributed by atoms with Gasteiger partial charge in [0.2, 0.25) is 0 Å². The predicted molar refractivity (Wildman–Crippen MR) is 84.3 cm³/mol. The molecule has 0 bridgehead atoms. The molecule has 0 unspecified atom stereocenters. The Morgan fingerprint density at radius 2 is 1.80 bits per heavy atom. The number of nitrogen functional groups attached to an aromatic ring is 1. The Morgan fingerprint density at radius 3 is 2.45 bits per heavy atom. The fourth-order valence-electron chi connectivity index (χ4n) is 2.15. The summed E-state index contributed by atoms with van der Waals surface area (Å²) in [5, 5.41) is 2.93. The van der Waals surface area contributed by atoms with Crippen molar-refractivity contribution in [2.24, 2.45) is 0 Å². The molecule has 104 valence electrons. The van der Waals surface area contributed by atoms with Crippen LogP contribution in [0.25, 0.3) is 0 Å². The molecule has 2 aromatic carbocycles. The summed E-state index contributed by atoms with van der Waals surface area (Å²) in [6.07, 6.45) is 0. The molecule has 0 aliphatic carbocycles. The molecule has 0 aromatic heterocycles. The summed E-state index contributed by atoms with van der Waals surface area (Å²) in [6.45, 7) is 1.88. The van der Waals surface area contributed by atoms with E-state index >= 15 is 0 Å². The van der Waals surface area contributed by atoms with E-state index in [0.29, 0.717) is 11.3 Å². The number of hydrogen-bond donors (Lipinski definition) is 2. The van der Waals surface area contributed by atoms with Gasteiger partial charge in [0.1, 0.15) is 0 Å². The molecule has 1 amide bonds. The highest BCUT2D eigenvalue weighted by Crippen LogP contribution is 2.25. The lowest BCUT2D eigenvalue weighted by Crippen LogP contribution is -2.18. The number of amides is 1. The lowest BCUT2D eigenvalue weighted by molar-refractivity contribution is 0.102. The quantitative estimate of drug-likeness (QED) is 0.842. The molecule has 20 heavy (non-hydrogen) atoms. The highest BCUT2D eigenvalue weighted by atomic mass is 16.1. The molecule has 0 aliphatic rings. The van der Waals surface area contributed by atoms with Crippen molar-refractivity contribution in [3.05, 3.63) is 53.6 Å². The van der Waals surface area contributed by atoms with Gasteiger partial charge in [-0.1, -0.05) is 24.3 Å². The molecule has 4 nitrogen and oxygen atoms in total. The van der Waals surface area contributed by atoms with Crippen LogP contribution in [0.1, 0.15) is 15.9 Å². The molecule has 4 heteroatoms. The standard InChI is InChI=1S/C16H19N3O/c1-11-7-6-8-12(17)15(11)16(20)18-13-9-4-5-10-14(13)19(2)3/h4-10H,17H2,1-3H3,(H,18,20). The van der Waals surface area contributed by atoms with E-state index in [-0.39, 0.29) is 5.91 Å². The van der Waals surface area contributed by atoms with Gasteiger partial charge in [-0.3, -0.25) is 4.79 Å². The number of rotatable bonds is 3. The molecule has 0 saturated heterocycles. The molecule has 0 atom stereocenters. The van der Waals surface area contributed by atoms with Gasteiger partial charge in [0.05, 0.1) is 16.9 Å². The number of nitrogens with two attached hydrogens (primary N) is 1. The molecule has 0 spiro atoms. The fraction of sp³-hybridized carbons (Fsp3) is 0.188. The Labute approximate surface area is 119 Å². The van der Waals surface area contributed by atoms with Crippen molar-refractivity contribution >= 4 is 23.0 Å². The van der Waals surface area contributed by atoms with E-state index < -0.39 is 0 Å². The molecule has 2 rings (SSSR count). The summed E-state index contributed by atoms with van der Waals surface area (Å²) in [5.41, 5.74) is 9.51. The van der Waals surface area contributed by atoms with Crippen molar-refractivity contribution in [3.63, 3.8) is 0 Å². The average molecular weight is 269 g/mol. The second-order valence-corrected chi connectivity index (χ2v) is 4.90. The third kappa shape index (κ3) is 2.74. The Kier molecular flexibility index (Phi) is 3.94. The van der Waals surface area contributed by atoms with Crippen molar-refractivity contribution in [2.75, 3.05) is 30.0 Å². The zero-order valence-corrected chi connectivity index (χ0v) is 12.0. The first-order valence-electron chi connectivity index (χ1n) is 6.43. The third-order valence-corrected chi connectivity index (χ3v) is 3.17. The van der Waals surface area contributed by atoms with Crippen LogP contribution >= 0.6 is 0 Å². The van der Waals surface area contributed by atoms with Crippen molar-refractivity contribution in [2.45, 2.75) is 6.92 Å². The SMILES string of the molecule is Cc1cccc(N)c1C(=O)Nc1ccccc1N(C)C. The number of para-hydroxylation sites is 2. The maximum absolute atomic E-state index is 12.4. The van der Waals surface area contributed by atoms with Crippen LogP contribution in [0.4, 0.5) is 17.1 Å². The summed E-state index contributed by atoms with van der Waals surface area (Å²) in [6, 6.07) is 13.1. The van der Waals surface area contributed by atoms with Gasteiger partial charge >= 0.3 is 0 Å². The van der Waals surface area contributed by atoms with Gasteiger partial charge in [-0.05, 0) is 30.7 Å². The van der Waals surface area contributed by atoms with Crippen LogP contribution in [0.3, 0.4) is 0 Å². The minimum atomic E-state index is -0.185. The zero-order chi connectivity index (χ0) is 14.7. The van der Waals surface area contributed by atoms with E-state index in [2.05, 4.69) is 5.32 Å². The van der Waals surface area contributed by atoms with Crippen molar-refractivity contribution in [3.8, 4) is 0 Å². The number of nitrogens with one attached hydrogen (secondary N) is 1. The minimum absolute atomic E-state index is 0.185.